The topological polar surface area (TPSA) is 241 Å². The van der Waals surface area contributed by atoms with Gasteiger partial charge in [0.2, 0.25) is 17.8 Å². The number of nitrogen functional groups attached to an aromatic ring is 2. The normalized spacial score (nSPS) is 20.2. The second kappa shape index (κ2) is 23.7. The van der Waals surface area contributed by atoms with Crippen LogP contribution in [0, 0.1) is 11.5 Å². The van der Waals surface area contributed by atoms with E-state index in [1.165, 1.54) is 112 Å². The largest absolute Gasteiger partial charge is 0.492 e. The Morgan fingerprint density at radius 2 is 1.25 bits per heavy atom. The number of anilines is 4. The molecule has 3 aromatic carbocycles. The quantitative estimate of drug-likeness (QED) is 0.0172. The van der Waals surface area contributed by atoms with Crippen molar-refractivity contribution in [3.63, 3.8) is 0 Å². The first-order valence-electron chi connectivity index (χ1n) is 25.0. The summed E-state index contributed by atoms with van der Waals surface area (Å²) in [6.07, 6.45) is 18.4. The molecular weight excluding hydrogens is 909 g/mol. The van der Waals surface area contributed by atoms with Crippen LogP contribution in [0.3, 0.4) is 0 Å². The fraction of sp³-hybridized carbons (Fsp3) is 0.434. The molecule has 4 bridgehead atoms. The summed E-state index contributed by atoms with van der Waals surface area (Å²) < 4.78 is 18.7. The van der Waals surface area contributed by atoms with Crippen molar-refractivity contribution in [2.24, 2.45) is 10.8 Å². The van der Waals surface area contributed by atoms with Crippen LogP contribution in [0.5, 0.6) is 17.2 Å². The molecule has 2 aliphatic heterocycles. The van der Waals surface area contributed by atoms with Gasteiger partial charge in [0.05, 0.1) is 17.1 Å². The Balaban J connectivity index is 0.000000143. The molecule has 4 fully saturated rings. The standard InChI is InChI=1S/C23H28N8O.C20H22N4O2.C9H12N4.CH4/c24-21-28-22(26-17-5-7-18(8-6-17)32-12-11-30-9-1-2-10-30)29-31(21)23-25-14-19-15-3-4-16(13-15)20(19)27-23;21-16-22-20(26-19-6-2-1-3-7-19)23-17-8-10-18(11-9-17)25-15-14-24-12-4-5-13-24;10-13-9-11-4-7-5-1-2-6(3-5)8(7)12-9;/h5-8,14-16H,1-4,9-13H2,(H3,24,26,28,29);1-3,6-11H,4-5,12-15H2,(H,22,23);4-6H,1-3,10H2,(H,11,12,13);1H4. The number of para-hydroxylation sites is 1. The molecule has 12 rings (SSSR count). The monoisotopic (exact) mass is 975 g/mol. The molecule has 3 aromatic heterocycles. The number of nitriles is 1. The Kier molecular flexibility index (Phi) is 16.3. The van der Waals surface area contributed by atoms with E-state index >= 15 is 0 Å². The molecule has 376 valence electrons. The first-order chi connectivity index (χ1) is 34.9. The molecule has 7 N–H and O–H groups in total. The molecule has 4 atom stereocenters. The second-order valence-electron chi connectivity index (χ2n) is 18.8. The zero-order valence-corrected chi connectivity index (χ0v) is 40.0. The van der Waals surface area contributed by atoms with Crippen LogP contribution in [0.2, 0.25) is 0 Å². The number of hydrogen-bond donors (Lipinski definition) is 5. The maximum Gasteiger partial charge on any atom is 0.309 e. The summed E-state index contributed by atoms with van der Waals surface area (Å²) >= 11 is 0. The zero-order chi connectivity index (χ0) is 48.4. The van der Waals surface area contributed by atoms with Crippen molar-refractivity contribution in [1.29, 1.82) is 5.26 Å². The summed E-state index contributed by atoms with van der Waals surface area (Å²) in [6.45, 7) is 8.05. The number of hydrogen-bond acceptors (Lipinski definition) is 17. The zero-order valence-electron chi connectivity index (χ0n) is 40.0. The highest BCUT2D eigenvalue weighted by Crippen LogP contribution is 2.53. The van der Waals surface area contributed by atoms with Crippen molar-refractivity contribution < 1.29 is 14.2 Å². The number of hydrazine groups is 1. The van der Waals surface area contributed by atoms with E-state index in [1.807, 2.05) is 85.3 Å². The van der Waals surface area contributed by atoms with E-state index in [0.717, 1.165) is 41.9 Å². The molecule has 72 heavy (non-hydrogen) atoms. The number of aliphatic imine (C=N–C) groups is 1. The SMILES string of the molecule is C.N#CNC(=Nc1ccc(OCCN2CCCC2)cc1)Oc1ccccc1.NNc1ncc2c(n1)C1CCC2C1.Nc1nc(Nc2ccc(OCCN3CCCC3)cc2)nn1-c1ncc2c(n1)C1CCC2C1. The first kappa shape index (κ1) is 49.6. The smallest absolute Gasteiger partial charge is 0.309 e. The van der Waals surface area contributed by atoms with E-state index in [4.69, 9.17) is 36.0 Å². The predicted molar refractivity (Wildman–Crippen MR) is 278 cm³/mol. The van der Waals surface area contributed by atoms with Crippen molar-refractivity contribution in [3.8, 4) is 29.4 Å². The maximum absolute atomic E-state index is 8.88. The molecule has 19 nitrogen and oxygen atoms in total. The first-order valence-corrected chi connectivity index (χ1v) is 25.0. The summed E-state index contributed by atoms with van der Waals surface area (Å²) in [6, 6.07) is 24.5. The number of nitrogens with one attached hydrogen (secondary N) is 3. The fourth-order valence-corrected chi connectivity index (χ4v) is 10.6. The molecule has 0 spiro atoms. The maximum atomic E-state index is 8.88. The summed E-state index contributed by atoms with van der Waals surface area (Å²) in [5.41, 5.74) is 15.2. The number of nitrogens with two attached hydrogens (primary N) is 2. The Morgan fingerprint density at radius 1 is 0.681 bits per heavy atom. The van der Waals surface area contributed by atoms with Crippen LogP contribution in [0.4, 0.5) is 29.2 Å². The molecule has 4 aliphatic carbocycles. The van der Waals surface area contributed by atoms with Crippen LogP contribution in [-0.2, 0) is 0 Å². The van der Waals surface area contributed by atoms with Gasteiger partial charge in [-0.2, -0.15) is 19.9 Å². The highest BCUT2D eigenvalue weighted by molar-refractivity contribution is 5.80. The van der Waals surface area contributed by atoms with Crippen LogP contribution in [0.25, 0.3) is 5.95 Å². The highest BCUT2D eigenvalue weighted by atomic mass is 16.5. The Hall–Kier alpha value is -7.40. The van der Waals surface area contributed by atoms with Gasteiger partial charge in [0, 0.05) is 43.0 Å². The van der Waals surface area contributed by atoms with E-state index in [1.54, 1.807) is 12.1 Å². The number of ether oxygens (including phenoxy) is 3. The number of rotatable bonds is 14. The Bertz CT molecular complexity index is 2770. The minimum atomic E-state index is 0. The van der Waals surface area contributed by atoms with Gasteiger partial charge in [0.25, 0.3) is 5.95 Å². The number of likely N-dealkylation sites (tertiary alicyclic amines) is 2. The van der Waals surface area contributed by atoms with E-state index in [2.05, 4.69) is 55.9 Å². The average Bonchev–Trinajstić information content (AvgIpc) is 4.29. The summed E-state index contributed by atoms with van der Waals surface area (Å²) in [7, 11) is 0. The van der Waals surface area contributed by atoms with Crippen LogP contribution in [-0.4, -0.2) is 103 Å². The van der Waals surface area contributed by atoms with Gasteiger partial charge in [0.1, 0.15) is 30.5 Å². The second-order valence-corrected chi connectivity index (χ2v) is 18.8. The van der Waals surface area contributed by atoms with Gasteiger partial charge in [-0.25, -0.2) is 31.1 Å². The Labute approximate surface area is 421 Å². The van der Waals surface area contributed by atoms with Crippen LogP contribution >= 0.6 is 0 Å². The van der Waals surface area contributed by atoms with Crippen molar-refractivity contribution in [1.82, 2.24) is 49.8 Å². The van der Waals surface area contributed by atoms with Crippen LogP contribution < -0.4 is 41.8 Å². The fourth-order valence-electron chi connectivity index (χ4n) is 10.6. The van der Waals surface area contributed by atoms with Crippen molar-refractivity contribution in [2.45, 2.75) is 95.3 Å². The lowest BCUT2D eigenvalue weighted by molar-refractivity contribution is 0.237. The lowest BCUT2D eigenvalue weighted by atomic mass is 9.98. The van der Waals surface area contributed by atoms with Crippen molar-refractivity contribution in [2.75, 3.05) is 69.0 Å². The molecule has 2 saturated heterocycles. The lowest BCUT2D eigenvalue weighted by Crippen LogP contribution is -2.25. The van der Waals surface area contributed by atoms with Gasteiger partial charge in [-0.05, 0) is 174 Å². The average molecular weight is 975 g/mol. The van der Waals surface area contributed by atoms with Gasteiger partial charge in [-0.3, -0.25) is 15.2 Å². The number of fused-ring (bicyclic) bond motifs is 10. The molecule has 6 aromatic rings. The number of amidine groups is 1. The number of aromatic nitrogens is 7. The number of benzene rings is 3. The lowest BCUT2D eigenvalue weighted by Gasteiger charge is -2.15. The van der Waals surface area contributed by atoms with Crippen molar-refractivity contribution in [3.05, 3.63) is 114 Å². The van der Waals surface area contributed by atoms with E-state index < -0.39 is 0 Å². The van der Waals surface area contributed by atoms with Crippen molar-refractivity contribution >= 4 is 35.2 Å². The molecule has 0 amide bonds. The molecule has 0 radical (unpaired) electrons. The molecule has 4 unspecified atom stereocenters. The predicted octanol–water partition coefficient (Wildman–Crippen LogP) is 8.28. The summed E-state index contributed by atoms with van der Waals surface area (Å²) in [5, 5.41) is 19.0. The minimum Gasteiger partial charge on any atom is -0.492 e. The van der Waals surface area contributed by atoms with Crippen LogP contribution in [0.15, 0.2) is 96.2 Å². The van der Waals surface area contributed by atoms with Gasteiger partial charge in [0.15, 0.2) is 6.19 Å². The molecule has 19 heteroatoms. The molecule has 6 aliphatic rings. The summed E-state index contributed by atoms with van der Waals surface area (Å²) in [4.78, 5) is 31.4. The van der Waals surface area contributed by atoms with E-state index in [-0.39, 0.29) is 19.4 Å². The molecule has 2 saturated carbocycles. The van der Waals surface area contributed by atoms with Gasteiger partial charge >= 0.3 is 6.02 Å². The third-order valence-electron chi connectivity index (χ3n) is 14.2. The van der Waals surface area contributed by atoms with E-state index in [9.17, 15) is 0 Å². The highest BCUT2D eigenvalue weighted by Gasteiger charge is 2.39. The molecule has 5 heterocycles. The van der Waals surface area contributed by atoms with Gasteiger partial charge < -0.3 is 25.3 Å². The van der Waals surface area contributed by atoms with E-state index in [0.29, 0.717) is 60.2 Å². The Morgan fingerprint density at radius 3 is 1.85 bits per heavy atom. The summed E-state index contributed by atoms with van der Waals surface area (Å²) in [5.74, 6) is 11.8. The van der Waals surface area contributed by atoms with Gasteiger partial charge in [-0.1, -0.05) is 25.6 Å². The van der Waals surface area contributed by atoms with Gasteiger partial charge in [-0.15, -0.1) is 5.10 Å². The third-order valence-corrected chi connectivity index (χ3v) is 14.2. The number of nitrogens with zero attached hydrogens (tertiary/aromatic N) is 11. The van der Waals surface area contributed by atoms with Crippen LogP contribution in [0.1, 0.15) is 118 Å². The molecular formula is C53H66N16O3. The third kappa shape index (κ3) is 12.2. The minimum absolute atomic E-state index is 0.